The van der Waals surface area contributed by atoms with Gasteiger partial charge in [0.25, 0.3) is 0 Å². The highest BCUT2D eigenvalue weighted by Crippen LogP contribution is 2.19. The Morgan fingerprint density at radius 1 is 1.00 bits per heavy atom. The summed E-state index contributed by atoms with van der Waals surface area (Å²) >= 11 is 0. The van der Waals surface area contributed by atoms with E-state index in [1.807, 2.05) is 12.2 Å². The molecule has 1 rings (SSSR count). The molecule has 9 heavy (non-hydrogen) atoms. The van der Waals surface area contributed by atoms with Gasteiger partial charge in [0.05, 0.1) is 0 Å². The second-order valence-corrected chi connectivity index (χ2v) is 2.53. The fourth-order valence-corrected chi connectivity index (χ4v) is 0.990. The van der Waals surface area contributed by atoms with Crippen LogP contribution in [0, 0.1) is 0 Å². The van der Waals surface area contributed by atoms with Gasteiger partial charge in [-0.2, -0.15) is 0 Å². The molecule has 0 atom stereocenters. The van der Waals surface area contributed by atoms with Gasteiger partial charge in [0, 0.05) is 12.8 Å². The van der Waals surface area contributed by atoms with Crippen LogP contribution in [0.1, 0.15) is 25.7 Å². The van der Waals surface area contributed by atoms with Crippen molar-refractivity contribution in [2.45, 2.75) is 31.5 Å². The van der Waals surface area contributed by atoms with Gasteiger partial charge in [-0.1, -0.05) is 12.2 Å². The van der Waals surface area contributed by atoms with Gasteiger partial charge in [-0.25, -0.2) is 0 Å². The minimum atomic E-state index is -1.40. The molecule has 0 radical (unpaired) electrons. The van der Waals surface area contributed by atoms with Gasteiger partial charge in [0.2, 0.25) is 0 Å². The zero-order valence-corrected chi connectivity index (χ0v) is 5.38. The largest absolute Gasteiger partial charge is 0.366 e. The summed E-state index contributed by atoms with van der Waals surface area (Å²) in [5.41, 5.74) is 0. The number of aliphatic hydroxyl groups is 2. The lowest BCUT2D eigenvalue weighted by Gasteiger charge is -2.17. The summed E-state index contributed by atoms with van der Waals surface area (Å²) < 4.78 is 0. The van der Waals surface area contributed by atoms with Crippen LogP contribution in [0.2, 0.25) is 0 Å². The van der Waals surface area contributed by atoms with Gasteiger partial charge >= 0.3 is 0 Å². The monoisotopic (exact) mass is 128 g/mol. The van der Waals surface area contributed by atoms with Crippen LogP contribution in [-0.2, 0) is 0 Å². The quantitative estimate of drug-likeness (QED) is 0.374. The molecule has 0 amide bonds. The van der Waals surface area contributed by atoms with Crippen LogP contribution in [0.3, 0.4) is 0 Å². The molecule has 2 nitrogen and oxygen atoms in total. The van der Waals surface area contributed by atoms with Crippen LogP contribution in [0.25, 0.3) is 0 Å². The third-order valence-electron chi connectivity index (χ3n) is 1.59. The molecule has 0 saturated carbocycles. The molecule has 0 spiro atoms. The molecule has 0 heterocycles. The first-order chi connectivity index (χ1) is 4.21. The van der Waals surface area contributed by atoms with E-state index in [4.69, 9.17) is 10.2 Å². The summed E-state index contributed by atoms with van der Waals surface area (Å²) in [5, 5.41) is 18.1. The predicted molar refractivity (Wildman–Crippen MR) is 34.8 cm³/mol. The van der Waals surface area contributed by atoms with Gasteiger partial charge in [0.1, 0.15) is 0 Å². The highest BCUT2D eigenvalue weighted by molar-refractivity contribution is 4.88. The molecule has 0 bridgehead atoms. The highest BCUT2D eigenvalue weighted by Gasteiger charge is 2.21. The summed E-state index contributed by atoms with van der Waals surface area (Å²) in [6.07, 6.45) is 6.51. The molecule has 0 fully saturated rings. The first-order valence-corrected chi connectivity index (χ1v) is 3.30. The van der Waals surface area contributed by atoms with Gasteiger partial charge in [-0.05, 0) is 12.8 Å². The maximum atomic E-state index is 9.07. The van der Waals surface area contributed by atoms with E-state index in [1.165, 1.54) is 0 Å². The topological polar surface area (TPSA) is 40.5 Å². The molecule has 52 valence electrons. The fourth-order valence-electron chi connectivity index (χ4n) is 0.990. The second-order valence-electron chi connectivity index (χ2n) is 2.53. The molecule has 0 aromatic rings. The lowest BCUT2D eigenvalue weighted by Crippen LogP contribution is -2.26. The van der Waals surface area contributed by atoms with E-state index >= 15 is 0 Å². The highest BCUT2D eigenvalue weighted by atomic mass is 16.5. The molecular formula is C7H12O2. The van der Waals surface area contributed by atoms with Crippen molar-refractivity contribution in [2.24, 2.45) is 0 Å². The van der Waals surface area contributed by atoms with Crippen molar-refractivity contribution in [3.05, 3.63) is 12.2 Å². The molecule has 0 unspecified atom stereocenters. The van der Waals surface area contributed by atoms with Gasteiger partial charge in [-0.15, -0.1) is 0 Å². The Morgan fingerprint density at radius 3 is 1.89 bits per heavy atom. The SMILES string of the molecule is OC1(O)CCC=CCC1. The summed E-state index contributed by atoms with van der Waals surface area (Å²) in [5.74, 6) is -1.40. The van der Waals surface area contributed by atoms with Crippen molar-refractivity contribution in [1.82, 2.24) is 0 Å². The molecule has 0 saturated heterocycles. The van der Waals surface area contributed by atoms with Crippen molar-refractivity contribution >= 4 is 0 Å². The van der Waals surface area contributed by atoms with Crippen molar-refractivity contribution in [1.29, 1.82) is 0 Å². The summed E-state index contributed by atoms with van der Waals surface area (Å²) in [6.45, 7) is 0. The maximum absolute atomic E-state index is 9.07. The molecule has 0 aliphatic heterocycles. The van der Waals surface area contributed by atoms with Crippen LogP contribution >= 0.6 is 0 Å². The lowest BCUT2D eigenvalue weighted by atomic mass is 10.1. The van der Waals surface area contributed by atoms with Gasteiger partial charge in [0.15, 0.2) is 5.79 Å². The third-order valence-corrected chi connectivity index (χ3v) is 1.59. The molecule has 2 heteroatoms. The first-order valence-electron chi connectivity index (χ1n) is 3.30. The Morgan fingerprint density at radius 2 is 1.44 bits per heavy atom. The van der Waals surface area contributed by atoms with Crippen molar-refractivity contribution in [3.63, 3.8) is 0 Å². The number of hydrogen-bond donors (Lipinski definition) is 2. The number of hydrogen-bond acceptors (Lipinski definition) is 2. The van der Waals surface area contributed by atoms with E-state index in [-0.39, 0.29) is 0 Å². The minimum absolute atomic E-state index is 0.476. The van der Waals surface area contributed by atoms with Gasteiger partial charge < -0.3 is 10.2 Å². The summed E-state index contributed by atoms with van der Waals surface area (Å²) in [6, 6.07) is 0. The van der Waals surface area contributed by atoms with Crippen LogP contribution in [-0.4, -0.2) is 16.0 Å². The Labute approximate surface area is 54.8 Å². The smallest absolute Gasteiger partial charge is 0.163 e. The van der Waals surface area contributed by atoms with E-state index in [0.29, 0.717) is 12.8 Å². The molecule has 1 aliphatic carbocycles. The van der Waals surface area contributed by atoms with Crippen molar-refractivity contribution < 1.29 is 10.2 Å². The van der Waals surface area contributed by atoms with Crippen LogP contribution in [0.5, 0.6) is 0 Å². The van der Waals surface area contributed by atoms with Gasteiger partial charge in [-0.3, -0.25) is 0 Å². The zero-order valence-electron chi connectivity index (χ0n) is 5.38. The van der Waals surface area contributed by atoms with E-state index in [1.54, 1.807) is 0 Å². The van der Waals surface area contributed by atoms with Crippen molar-refractivity contribution in [2.75, 3.05) is 0 Å². The second kappa shape index (κ2) is 2.50. The predicted octanol–water partition coefficient (Wildman–Crippen LogP) is 0.797. The minimum Gasteiger partial charge on any atom is -0.366 e. The van der Waals surface area contributed by atoms with E-state index < -0.39 is 5.79 Å². The molecular weight excluding hydrogens is 116 g/mol. The van der Waals surface area contributed by atoms with E-state index in [2.05, 4.69) is 0 Å². The van der Waals surface area contributed by atoms with Crippen LogP contribution in [0.4, 0.5) is 0 Å². The van der Waals surface area contributed by atoms with Crippen molar-refractivity contribution in [3.8, 4) is 0 Å². The van der Waals surface area contributed by atoms with E-state index in [9.17, 15) is 0 Å². The lowest BCUT2D eigenvalue weighted by molar-refractivity contribution is -0.167. The molecule has 2 N–H and O–H groups in total. The van der Waals surface area contributed by atoms with Crippen LogP contribution < -0.4 is 0 Å². The maximum Gasteiger partial charge on any atom is 0.163 e. The summed E-state index contributed by atoms with van der Waals surface area (Å²) in [7, 11) is 0. The average Bonchev–Trinajstić information content (AvgIpc) is 1.92. The van der Waals surface area contributed by atoms with Crippen LogP contribution in [0.15, 0.2) is 12.2 Å². The molecule has 1 aliphatic rings. The summed E-state index contributed by atoms with van der Waals surface area (Å²) in [4.78, 5) is 0. The Hall–Kier alpha value is -0.340. The zero-order chi connectivity index (χ0) is 6.74. The Bertz CT molecular complexity index is 104. The number of rotatable bonds is 0. The standard InChI is InChI=1S/C7H12O2/c8-7(9)5-3-1-2-4-6-7/h1-2,8-9H,3-6H2. The fraction of sp³-hybridized carbons (Fsp3) is 0.714. The average molecular weight is 128 g/mol. The third kappa shape index (κ3) is 2.16. The van der Waals surface area contributed by atoms with E-state index in [0.717, 1.165) is 12.8 Å². The Balaban J connectivity index is 2.44. The molecule has 0 aromatic heterocycles. The normalized spacial score (nSPS) is 25.6. The Kier molecular flexibility index (Phi) is 1.88. The molecule has 0 aromatic carbocycles. The first kappa shape index (κ1) is 6.78. The number of allylic oxidation sites excluding steroid dienone is 2.